The molecule has 1 aromatic carbocycles. The van der Waals surface area contributed by atoms with Crippen molar-refractivity contribution in [3.63, 3.8) is 0 Å². The molecule has 0 bridgehead atoms. The average Bonchev–Trinajstić information content (AvgIpc) is 2.99. The maximum absolute atomic E-state index is 12.4. The van der Waals surface area contributed by atoms with Gasteiger partial charge in [-0.15, -0.1) is 22.7 Å². The highest BCUT2D eigenvalue weighted by Gasteiger charge is 2.16. The smallest absolute Gasteiger partial charge is 0.196 e. The summed E-state index contributed by atoms with van der Waals surface area (Å²) in [7, 11) is 0. The van der Waals surface area contributed by atoms with Crippen LogP contribution in [0.5, 0.6) is 0 Å². The number of carbonyl (C=O) groups excluding carboxylic acids is 1. The van der Waals surface area contributed by atoms with E-state index >= 15 is 0 Å². The molecule has 4 heteroatoms. The minimum absolute atomic E-state index is 0.0650. The maximum Gasteiger partial charge on any atom is 0.196 e. The Balaban J connectivity index is 1.90. The second kappa shape index (κ2) is 5.76. The second-order valence-electron chi connectivity index (χ2n) is 4.89. The number of halogens is 1. The summed E-state index contributed by atoms with van der Waals surface area (Å²) in [5.74, 6) is 0.0650. The molecule has 0 radical (unpaired) electrons. The van der Waals surface area contributed by atoms with Crippen LogP contribution in [0, 0.1) is 13.8 Å². The molecule has 0 unspecified atom stereocenters. The van der Waals surface area contributed by atoms with Crippen molar-refractivity contribution in [2.45, 2.75) is 13.8 Å². The van der Waals surface area contributed by atoms with Crippen LogP contribution in [0.15, 0.2) is 35.7 Å². The highest BCUT2D eigenvalue weighted by atomic mass is 35.5. The van der Waals surface area contributed by atoms with Crippen molar-refractivity contribution >= 4 is 55.5 Å². The van der Waals surface area contributed by atoms with Gasteiger partial charge in [-0.25, -0.2) is 0 Å². The summed E-state index contributed by atoms with van der Waals surface area (Å²) >= 11 is 9.15. The minimum Gasteiger partial charge on any atom is -0.288 e. The van der Waals surface area contributed by atoms with E-state index in [4.69, 9.17) is 11.6 Å². The minimum atomic E-state index is 0.0650. The standard InChI is InChI=1S/C17H13ClOS2/c1-10-9-20-17-15(10)11(2)16(21-17)14(19)8-5-12-3-6-13(18)7-4-12/h3-9H,1-2H3/b8-5+. The largest absolute Gasteiger partial charge is 0.288 e. The molecule has 0 aliphatic rings. The average molecular weight is 333 g/mol. The molecule has 3 rings (SSSR count). The molecule has 0 spiro atoms. The van der Waals surface area contributed by atoms with Gasteiger partial charge in [0.2, 0.25) is 0 Å². The monoisotopic (exact) mass is 332 g/mol. The summed E-state index contributed by atoms with van der Waals surface area (Å²) in [6, 6.07) is 7.44. The van der Waals surface area contributed by atoms with Crippen LogP contribution in [0.2, 0.25) is 5.02 Å². The van der Waals surface area contributed by atoms with Crippen molar-refractivity contribution in [2.24, 2.45) is 0 Å². The van der Waals surface area contributed by atoms with Crippen molar-refractivity contribution < 1.29 is 4.79 Å². The topological polar surface area (TPSA) is 17.1 Å². The number of hydrogen-bond donors (Lipinski definition) is 0. The van der Waals surface area contributed by atoms with Gasteiger partial charge in [-0.2, -0.15) is 0 Å². The van der Waals surface area contributed by atoms with E-state index in [1.54, 1.807) is 28.7 Å². The van der Waals surface area contributed by atoms with Gasteiger partial charge < -0.3 is 0 Å². The van der Waals surface area contributed by atoms with Crippen molar-refractivity contribution in [1.82, 2.24) is 0 Å². The molecule has 0 aliphatic carbocycles. The number of rotatable bonds is 3. The summed E-state index contributed by atoms with van der Waals surface area (Å²) in [6.07, 6.45) is 3.47. The normalized spacial score (nSPS) is 11.6. The zero-order chi connectivity index (χ0) is 15.0. The first kappa shape index (κ1) is 14.5. The predicted octanol–water partition coefficient (Wildman–Crippen LogP) is 6.13. The van der Waals surface area contributed by atoms with Crippen LogP contribution in [-0.2, 0) is 0 Å². The van der Waals surface area contributed by atoms with Gasteiger partial charge in [-0.1, -0.05) is 29.8 Å². The Bertz CT molecular complexity index is 838. The fourth-order valence-electron chi connectivity index (χ4n) is 2.28. The van der Waals surface area contributed by atoms with E-state index in [0.29, 0.717) is 5.02 Å². The summed E-state index contributed by atoms with van der Waals surface area (Å²) in [5, 5.41) is 4.09. The summed E-state index contributed by atoms with van der Waals surface area (Å²) in [4.78, 5) is 13.2. The van der Waals surface area contributed by atoms with E-state index in [1.165, 1.54) is 15.0 Å². The van der Waals surface area contributed by atoms with E-state index in [-0.39, 0.29) is 5.78 Å². The van der Waals surface area contributed by atoms with E-state index < -0.39 is 0 Å². The number of hydrogen-bond acceptors (Lipinski definition) is 3. The first-order valence-electron chi connectivity index (χ1n) is 6.51. The fourth-order valence-corrected chi connectivity index (χ4v) is 4.86. The van der Waals surface area contributed by atoms with Crippen molar-refractivity contribution in [3.05, 3.63) is 62.3 Å². The van der Waals surface area contributed by atoms with Crippen LogP contribution in [0.1, 0.15) is 26.4 Å². The molecular weight excluding hydrogens is 320 g/mol. The maximum atomic E-state index is 12.4. The molecule has 2 heterocycles. The Morgan fingerprint density at radius 1 is 1.19 bits per heavy atom. The summed E-state index contributed by atoms with van der Waals surface area (Å²) in [5.41, 5.74) is 3.32. The molecule has 0 amide bonds. The number of thiophene rings is 2. The van der Waals surface area contributed by atoms with Gasteiger partial charge in [-0.3, -0.25) is 4.79 Å². The molecule has 0 fully saturated rings. The molecule has 0 atom stereocenters. The van der Waals surface area contributed by atoms with Gasteiger partial charge >= 0.3 is 0 Å². The second-order valence-corrected chi connectivity index (χ2v) is 7.48. The molecule has 0 aliphatic heterocycles. The molecule has 0 N–H and O–H groups in total. The number of carbonyl (C=O) groups is 1. The van der Waals surface area contributed by atoms with E-state index in [9.17, 15) is 4.79 Å². The zero-order valence-electron chi connectivity index (χ0n) is 11.6. The highest BCUT2D eigenvalue weighted by Crippen LogP contribution is 2.37. The summed E-state index contributed by atoms with van der Waals surface area (Å²) < 4.78 is 1.23. The number of benzene rings is 1. The molecule has 0 saturated heterocycles. The molecule has 2 aromatic heterocycles. The van der Waals surface area contributed by atoms with Crippen molar-refractivity contribution in [2.75, 3.05) is 0 Å². The molecule has 106 valence electrons. The van der Waals surface area contributed by atoms with E-state index in [0.717, 1.165) is 16.0 Å². The van der Waals surface area contributed by atoms with Gasteiger partial charge in [-0.05, 0) is 54.1 Å². The van der Waals surface area contributed by atoms with Gasteiger partial charge in [0.1, 0.15) is 0 Å². The number of aryl methyl sites for hydroxylation is 2. The van der Waals surface area contributed by atoms with Crippen LogP contribution in [-0.4, -0.2) is 5.78 Å². The first-order chi connectivity index (χ1) is 10.1. The molecule has 21 heavy (non-hydrogen) atoms. The molecule has 0 saturated carbocycles. The Morgan fingerprint density at radius 2 is 1.90 bits per heavy atom. The van der Waals surface area contributed by atoms with E-state index in [2.05, 4.69) is 12.3 Å². The van der Waals surface area contributed by atoms with Gasteiger partial charge in [0.25, 0.3) is 0 Å². The highest BCUT2D eigenvalue weighted by molar-refractivity contribution is 7.38. The first-order valence-corrected chi connectivity index (χ1v) is 8.59. The van der Waals surface area contributed by atoms with Crippen molar-refractivity contribution in [3.8, 4) is 0 Å². The Kier molecular flexibility index (Phi) is 3.98. The number of ketones is 1. The van der Waals surface area contributed by atoms with Crippen LogP contribution in [0.3, 0.4) is 0 Å². The third-order valence-electron chi connectivity index (χ3n) is 3.37. The Hall–Kier alpha value is -1.42. The van der Waals surface area contributed by atoms with Gasteiger partial charge in [0.15, 0.2) is 5.78 Å². The predicted molar refractivity (Wildman–Crippen MR) is 94.0 cm³/mol. The van der Waals surface area contributed by atoms with Crippen LogP contribution in [0.25, 0.3) is 15.5 Å². The Morgan fingerprint density at radius 3 is 2.57 bits per heavy atom. The fraction of sp³-hybridized carbons (Fsp3) is 0.118. The SMILES string of the molecule is Cc1csc2sc(C(=O)/C=C/c3ccc(Cl)cc3)c(C)c12. The zero-order valence-corrected chi connectivity index (χ0v) is 14.0. The molecular formula is C17H13ClOS2. The van der Waals surface area contributed by atoms with Gasteiger partial charge in [0.05, 0.1) is 8.89 Å². The Labute approximate surface area is 136 Å². The lowest BCUT2D eigenvalue weighted by Crippen LogP contribution is -1.92. The number of fused-ring (bicyclic) bond motifs is 1. The lowest BCUT2D eigenvalue weighted by atomic mass is 10.1. The third-order valence-corrected chi connectivity index (χ3v) is 6.15. The van der Waals surface area contributed by atoms with Gasteiger partial charge in [0, 0.05) is 10.4 Å². The lowest BCUT2D eigenvalue weighted by molar-refractivity contribution is 0.105. The number of allylic oxidation sites excluding steroid dienone is 1. The quantitative estimate of drug-likeness (QED) is 0.416. The third kappa shape index (κ3) is 2.82. The summed E-state index contributed by atoms with van der Waals surface area (Å²) in [6.45, 7) is 4.12. The molecule has 3 aromatic rings. The van der Waals surface area contributed by atoms with Crippen LogP contribution in [0.4, 0.5) is 0 Å². The van der Waals surface area contributed by atoms with Crippen LogP contribution < -0.4 is 0 Å². The van der Waals surface area contributed by atoms with Crippen LogP contribution >= 0.6 is 34.3 Å². The van der Waals surface area contributed by atoms with E-state index in [1.807, 2.05) is 37.3 Å². The molecule has 1 nitrogen and oxygen atoms in total. The van der Waals surface area contributed by atoms with Crippen molar-refractivity contribution in [1.29, 1.82) is 0 Å². The lowest BCUT2D eigenvalue weighted by Gasteiger charge is -1.96.